The Labute approximate surface area is 101 Å². The number of carbonyl (C=O) groups is 2. The topological polar surface area (TPSA) is 97.1 Å². The third-order valence-corrected chi connectivity index (χ3v) is 2.11. The van der Waals surface area contributed by atoms with E-state index in [1.807, 2.05) is 0 Å². The quantitative estimate of drug-likeness (QED) is 0.692. The molecule has 0 spiro atoms. The summed E-state index contributed by atoms with van der Waals surface area (Å²) in [7, 11) is 0. The van der Waals surface area contributed by atoms with Gasteiger partial charge in [0.15, 0.2) is 0 Å². The molecule has 0 aliphatic carbocycles. The van der Waals surface area contributed by atoms with Crippen molar-refractivity contribution in [3.8, 4) is 0 Å². The highest BCUT2D eigenvalue weighted by molar-refractivity contribution is 9.10. The number of halogens is 1. The molecule has 0 bridgehead atoms. The highest BCUT2D eigenvalue weighted by atomic mass is 79.9. The summed E-state index contributed by atoms with van der Waals surface area (Å²) in [5.74, 6) is -0.250. The molecule has 1 heterocycles. The second kappa shape index (κ2) is 6.06. The summed E-state index contributed by atoms with van der Waals surface area (Å²) < 4.78 is 0.732. The maximum Gasteiger partial charge on any atom is 0.312 e. The van der Waals surface area contributed by atoms with Gasteiger partial charge in [-0.2, -0.15) is 0 Å². The zero-order chi connectivity index (χ0) is 12.0. The van der Waals surface area contributed by atoms with Crippen molar-refractivity contribution in [3.05, 3.63) is 28.5 Å². The number of amides is 3. The average Bonchev–Trinajstić information content (AvgIpc) is 2.24. The van der Waals surface area contributed by atoms with Crippen LogP contribution < -0.4 is 16.4 Å². The monoisotopic (exact) mass is 286 g/mol. The minimum Gasteiger partial charge on any atom is -0.352 e. The van der Waals surface area contributed by atoms with Crippen molar-refractivity contribution in [2.24, 2.45) is 5.73 Å². The van der Waals surface area contributed by atoms with Crippen LogP contribution in [0.5, 0.6) is 0 Å². The molecule has 16 heavy (non-hydrogen) atoms. The van der Waals surface area contributed by atoms with Crippen LogP contribution in [0.15, 0.2) is 22.9 Å². The average molecular weight is 287 g/mol. The van der Waals surface area contributed by atoms with E-state index in [0.29, 0.717) is 18.7 Å². The van der Waals surface area contributed by atoms with E-state index in [1.54, 1.807) is 12.3 Å². The van der Waals surface area contributed by atoms with E-state index >= 15 is 0 Å². The van der Waals surface area contributed by atoms with Gasteiger partial charge >= 0.3 is 6.03 Å². The Morgan fingerprint density at radius 3 is 2.62 bits per heavy atom. The van der Waals surface area contributed by atoms with Crippen LogP contribution in [-0.2, 0) is 0 Å². The molecule has 1 rings (SSSR count). The predicted octanol–water partition coefficient (Wildman–Crippen LogP) is 0.242. The van der Waals surface area contributed by atoms with Crippen molar-refractivity contribution in [1.29, 1.82) is 0 Å². The van der Waals surface area contributed by atoms with Crippen LogP contribution in [0.1, 0.15) is 10.4 Å². The molecule has 0 aliphatic heterocycles. The maximum absolute atomic E-state index is 11.5. The molecule has 0 aliphatic rings. The van der Waals surface area contributed by atoms with Gasteiger partial charge < -0.3 is 16.4 Å². The highest BCUT2D eigenvalue weighted by Gasteiger charge is 2.05. The molecular weight excluding hydrogens is 276 g/mol. The van der Waals surface area contributed by atoms with E-state index in [4.69, 9.17) is 5.73 Å². The number of nitrogens with one attached hydrogen (secondary N) is 2. The first kappa shape index (κ1) is 12.4. The van der Waals surface area contributed by atoms with Gasteiger partial charge in [0.25, 0.3) is 5.91 Å². The van der Waals surface area contributed by atoms with Crippen molar-refractivity contribution in [3.63, 3.8) is 0 Å². The standard InChI is InChI=1S/C9H11BrN4O2/c10-7-3-6(4-12-5-7)8(15)13-1-2-14-9(11)16/h3-5H,1-2H2,(H,13,15)(H3,11,14,16). The smallest absolute Gasteiger partial charge is 0.312 e. The molecule has 0 atom stereocenters. The van der Waals surface area contributed by atoms with Gasteiger partial charge in [-0.05, 0) is 22.0 Å². The fourth-order valence-electron chi connectivity index (χ4n) is 1.000. The third-order valence-electron chi connectivity index (χ3n) is 1.68. The molecule has 1 aromatic rings. The number of aromatic nitrogens is 1. The number of nitrogens with zero attached hydrogens (tertiary/aromatic N) is 1. The van der Waals surface area contributed by atoms with Gasteiger partial charge in [0.1, 0.15) is 0 Å². The number of carbonyl (C=O) groups excluding carboxylic acids is 2. The van der Waals surface area contributed by atoms with E-state index in [2.05, 4.69) is 31.5 Å². The zero-order valence-corrected chi connectivity index (χ0v) is 9.95. The Balaban J connectivity index is 2.38. The molecule has 6 nitrogen and oxygen atoms in total. The second-order valence-electron chi connectivity index (χ2n) is 2.94. The summed E-state index contributed by atoms with van der Waals surface area (Å²) in [6.45, 7) is 0.608. The first-order chi connectivity index (χ1) is 7.59. The summed E-state index contributed by atoms with van der Waals surface area (Å²) in [5.41, 5.74) is 5.31. The molecule has 86 valence electrons. The minimum absolute atomic E-state index is 0.250. The first-order valence-electron chi connectivity index (χ1n) is 4.51. The Morgan fingerprint density at radius 1 is 1.31 bits per heavy atom. The molecule has 4 N–H and O–H groups in total. The van der Waals surface area contributed by atoms with Crippen LogP contribution >= 0.6 is 15.9 Å². The van der Waals surface area contributed by atoms with Crippen molar-refractivity contribution < 1.29 is 9.59 Å². The molecule has 3 amide bonds. The van der Waals surface area contributed by atoms with Crippen molar-refractivity contribution in [2.45, 2.75) is 0 Å². The van der Waals surface area contributed by atoms with E-state index < -0.39 is 6.03 Å². The molecule has 0 fully saturated rings. The summed E-state index contributed by atoms with van der Waals surface area (Å²) >= 11 is 3.22. The van der Waals surface area contributed by atoms with Crippen molar-refractivity contribution in [1.82, 2.24) is 15.6 Å². The number of rotatable bonds is 4. The molecule has 0 radical (unpaired) electrons. The molecular formula is C9H11BrN4O2. The predicted molar refractivity (Wildman–Crippen MR) is 61.9 cm³/mol. The van der Waals surface area contributed by atoms with Crippen LogP contribution in [0.3, 0.4) is 0 Å². The molecule has 0 unspecified atom stereocenters. The number of nitrogens with two attached hydrogens (primary N) is 1. The normalized spacial score (nSPS) is 9.56. The highest BCUT2D eigenvalue weighted by Crippen LogP contribution is 2.08. The zero-order valence-electron chi connectivity index (χ0n) is 8.37. The number of pyridine rings is 1. The van der Waals surface area contributed by atoms with Crippen LogP contribution in [0.25, 0.3) is 0 Å². The van der Waals surface area contributed by atoms with E-state index in [-0.39, 0.29) is 5.91 Å². The maximum atomic E-state index is 11.5. The van der Waals surface area contributed by atoms with Crippen LogP contribution in [0.2, 0.25) is 0 Å². The molecule has 7 heteroatoms. The molecule has 0 aromatic carbocycles. The van der Waals surface area contributed by atoms with Gasteiger partial charge in [0.2, 0.25) is 0 Å². The SMILES string of the molecule is NC(=O)NCCNC(=O)c1cncc(Br)c1. The Morgan fingerprint density at radius 2 is 2.00 bits per heavy atom. The number of hydrogen-bond acceptors (Lipinski definition) is 3. The van der Waals surface area contributed by atoms with Gasteiger partial charge in [-0.3, -0.25) is 9.78 Å². The molecule has 0 saturated carbocycles. The van der Waals surface area contributed by atoms with E-state index in [1.165, 1.54) is 6.20 Å². The minimum atomic E-state index is -0.613. The van der Waals surface area contributed by atoms with Gasteiger partial charge in [-0.25, -0.2) is 4.79 Å². The van der Waals surface area contributed by atoms with Crippen LogP contribution in [-0.4, -0.2) is 30.0 Å². The number of urea groups is 1. The van der Waals surface area contributed by atoms with E-state index in [9.17, 15) is 9.59 Å². The fraction of sp³-hybridized carbons (Fsp3) is 0.222. The van der Waals surface area contributed by atoms with Gasteiger partial charge in [-0.1, -0.05) is 0 Å². The summed E-state index contributed by atoms with van der Waals surface area (Å²) in [6.07, 6.45) is 3.05. The Bertz CT molecular complexity index is 397. The van der Waals surface area contributed by atoms with Crippen LogP contribution in [0, 0.1) is 0 Å². The summed E-state index contributed by atoms with van der Waals surface area (Å²) in [6, 6.07) is 1.04. The molecule has 1 aromatic heterocycles. The Hall–Kier alpha value is -1.63. The lowest BCUT2D eigenvalue weighted by molar-refractivity contribution is 0.0953. The van der Waals surface area contributed by atoms with Gasteiger partial charge in [-0.15, -0.1) is 0 Å². The van der Waals surface area contributed by atoms with Crippen LogP contribution in [0.4, 0.5) is 4.79 Å². The second-order valence-corrected chi connectivity index (χ2v) is 3.85. The first-order valence-corrected chi connectivity index (χ1v) is 5.31. The summed E-state index contributed by atoms with van der Waals surface area (Å²) in [5, 5.41) is 4.97. The van der Waals surface area contributed by atoms with Crippen molar-refractivity contribution >= 4 is 27.9 Å². The van der Waals surface area contributed by atoms with Gasteiger partial charge in [0, 0.05) is 30.0 Å². The lowest BCUT2D eigenvalue weighted by atomic mass is 10.3. The number of primary amides is 1. The summed E-state index contributed by atoms with van der Waals surface area (Å²) in [4.78, 5) is 25.7. The Kier molecular flexibility index (Phi) is 4.71. The fourth-order valence-corrected chi connectivity index (χ4v) is 1.36. The molecule has 0 saturated heterocycles. The lowest BCUT2D eigenvalue weighted by Gasteiger charge is -2.05. The largest absolute Gasteiger partial charge is 0.352 e. The third kappa shape index (κ3) is 4.26. The van der Waals surface area contributed by atoms with E-state index in [0.717, 1.165) is 4.47 Å². The lowest BCUT2D eigenvalue weighted by Crippen LogP contribution is -2.37. The van der Waals surface area contributed by atoms with Gasteiger partial charge in [0.05, 0.1) is 5.56 Å². The van der Waals surface area contributed by atoms with Crippen molar-refractivity contribution in [2.75, 3.05) is 13.1 Å². The number of hydrogen-bond donors (Lipinski definition) is 3.